The molecule has 7 heteroatoms. The summed E-state index contributed by atoms with van der Waals surface area (Å²) < 4.78 is 15.6. The first kappa shape index (κ1) is 18.1. The summed E-state index contributed by atoms with van der Waals surface area (Å²) in [7, 11) is 1.28. The van der Waals surface area contributed by atoms with Crippen molar-refractivity contribution in [3.05, 3.63) is 69.9 Å². The zero-order chi connectivity index (χ0) is 19.8. The molecule has 1 amide bonds. The Morgan fingerprint density at radius 1 is 1.18 bits per heavy atom. The van der Waals surface area contributed by atoms with E-state index in [0.29, 0.717) is 33.5 Å². The zero-order valence-corrected chi connectivity index (χ0v) is 15.9. The van der Waals surface area contributed by atoms with Gasteiger partial charge in [0.15, 0.2) is 11.5 Å². The lowest BCUT2D eigenvalue weighted by atomic mass is 10.0. The van der Waals surface area contributed by atoms with Gasteiger partial charge in [-0.2, -0.15) is 0 Å². The third kappa shape index (κ3) is 2.92. The minimum absolute atomic E-state index is 0.154. The Hall–Kier alpha value is -3.25. The molecule has 0 spiro atoms. The van der Waals surface area contributed by atoms with E-state index in [2.05, 4.69) is 0 Å². The first-order valence-electron chi connectivity index (χ1n) is 8.51. The van der Waals surface area contributed by atoms with Crippen molar-refractivity contribution in [2.24, 2.45) is 0 Å². The van der Waals surface area contributed by atoms with E-state index < -0.39 is 5.97 Å². The third-order valence-corrected chi connectivity index (χ3v) is 4.91. The van der Waals surface area contributed by atoms with Crippen LogP contribution in [0.5, 0.6) is 11.5 Å². The molecule has 142 valence electrons. The number of ether oxygens (including phenoxy) is 3. The summed E-state index contributed by atoms with van der Waals surface area (Å²) in [5.74, 6) is 0.275. The number of carbonyl (C=O) groups is 2. The van der Waals surface area contributed by atoms with Crippen LogP contribution >= 0.6 is 11.6 Å². The van der Waals surface area contributed by atoms with Crippen molar-refractivity contribution in [2.45, 2.75) is 6.92 Å². The number of hydrogen-bond acceptors (Lipinski definition) is 5. The molecule has 0 saturated heterocycles. The summed E-state index contributed by atoms with van der Waals surface area (Å²) in [6, 6.07) is 12.3. The van der Waals surface area contributed by atoms with Gasteiger partial charge in [0.05, 0.1) is 29.0 Å². The maximum absolute atomic E-state index is 13.2. The summed E-state index contributed by atoms with van der Waals surface area (Å²) in [5.41, 5.74) is 2.08. The molecule has 4 rings (SSSR count). The van der Waals surface area contributed by atoms with E-state index in [9.17, 15) is 9.59 Å². The molecule has 28 heavy (non-hydrogen) atoms. The Morgan fingerprint density at radius 3 is 2.68 bits per heavy atom. The van der Waals surface area contributed by atoms with E-state index in [0.717, 1.165) is 0 Å². The van der Waals surface area contributed by atoms with Crippen LogP contribution in [0.1, 0.15) is 12.5 Å². The SMILES string of the molecule is COC(=O)C1=C(C)N(c2ccccc2Cl)C(=O)C1=Cc1ccc2c(c1)OCO2. The van der Waals surface area contributed by atoms with Crippen molar-refractivity contribution in [3.8, 4) is 11.5 Å². The number of anilines is 1. The van der Waals surface area contributed by atoms with Gasteiger partial charge in [0.2, 0.25) is 6.79 Å². The number of methoxy groups -OCH3 is 1. The third-order valence-electron chi connectivity index (χ3n) is 4.59. The fraction of sp³-hybridized carbons (Fsp3) is 0.143. The number of hydrogen-bond donors (Lipinski definition) is 0. The molecule has 2 heterocycles. The van der Waals surface area contributed by atoms with Gasteiger partial charge in [-0.3, -0.25) is 9.69 Å². The largest absolute Gasteiger partial charge is 0.465 e. The van der Waals surface area contributed by atoms with E-state index in [-0.39, 0.29) is 23.8 Å². The number of rotatable bonds is 3. The van der Waals surface area contributed by atoms with Crippen LogP contribution in [0, 0.1) is 0 Å². The number of esters is 1. The van der Waals surface area contributed by atoms with E-state index in [1.165, 1.54) is 12.0 Å². The lowest BCUT2D eigenvalue weighted by Crippen LogP contribution is -2.24. The van der Waals surface area contributed by atoms with Gasteiger partial charge in [-0.05, 0) is 42.8 Å². The van der Waals surface area contributed by atoms with Gasteiger partial charge in [-0.1, -0.05) is 29.8 Å². The van der Waals surface area contributed by atoms with Crippen LogP contribution in [-0.4, -0.2) is 25.8 Å². The zero-order valence-electron chi connectivity index (χ0n) is 15.2. The van der Waals surface area contributed by atoms with E-state index >= 15 is 0 Å². The summed E-state index contributed by atoms with van der Waals surface area (Å²) in [5, 5.41) is 0.406. The smallest absolute Gasteiger partial charge is 0.340 e. The van der Waals surface area contributed by atoms with Gasteiger partial charge in [-0.15, -0.1) is 0 Å². The predicted octanol–water partition coefficient (Wildman–Crippen LogP) is 3.95. The average Bonchev–Trinajstić information content (AvgIpc) is 3.25. The second-order valence-electron chi connectivity index (χ2n) is 6.21. The Balaban J connectivity index is 1.83. The first-order chi connectivity index (χ1) is 13.5. The Labute approximate surface area is 166 Å². The first-order valence-corrected chi connectivity index (χ1v) is 8.89. The molecule has 0 N–H and O–H groups in total. The number of halogens is 1. The highest BCUT2D eigenvalue weighted by Gasteiger charge is 2.38. The number of amides is 1. The molecule has 0 aliphatic carbocycles. The number of allylic oxidation sites excluding steroid dienone is 1. The molecule has 0 atom stereocenters. The van der Waals surface area contributed by atoms with Crippen LogP contribution in [0.15, 0.2) is 59.3 Å². The molecule has 0 aromatic heterocycles. The molecule has 0 bridgehead atoms. The molecular weight excluding hydrogens is 382 g/mol. The molecule has 0 fully saturated rings. The summed E-state index contributed by atoms with van der Waals surface area (Å²) in [6.45, 7) is 1.84. The quantitative estimate of drug-likeness (QED) is 0.579. The van der Waals surface area contributed by atoms with Crippen LogP contribution in [0.25, 0.3) is 6.08 Å². The Kier molecular flexibility index (Phi) is 4.57. The van der Waals surface area contributed by atoms with Crippen molar-refractivity contribution in [3.63, 3.8) is 0 Å². The number of nitrogens with zero attached hydrogens (tertiary/aromatic N) is 1. The van der Waals surface area contributed by atoms with Gasteiger partial charge >= 0.3 is 5.97 Å². The van der Waals surface area contributed by atoms with E-state index in [4.69, 9.17) is 25.8 Å². The predicted molar refractivity (Wildman–Crippen MR) is 104 cm³/mol. The fourth-order valence-electron chi connectivity index (χ4n) is 3.27. The van der Waals surface area contributed by atoms with Gasteiger partial charge < -0.3 is 14.2 Å². The van der Waals surface area contributed by atoms with Crippen LogP contribution in [0.3, 0.4) is 0 Å². The molecule has 0 unspecified atom stereocenters. The van der Waals surface area contributed by atoms with Crippen molar-refractivity contribution < 1.29 is 23.8 Å². The van der Waals surface area contributed by atoms with Crippen molar-refractivity contribution >= 4 is 35.2 Å². The van der Waals surface area contributed by atoms with Gasteiger partial charge in [-0.25, -0.2) is 4.79 Å². The Bertz CT molecular complexity index is 1060. The fourth-order valence-corrected chi connectivity index (χ4v) is 3.49. The minimum atomic E-state index is -0.590. The maximum atomic E-state index is 13.2. The normalized spacial score (nSPS) is 16.9. The minimum Gasteiger partial charge on any atom is -0.465 e. The van der Waals surface area contributed by atoms with E-state index in [1.807, 2.05) is 0 Å². The molecule has 0 radical (unpaired) electrons. The van der Waals surface area contributed by atoms with E-state index in [1.54, 1.807) is 55.5 Å². The summed E-state index contributed by atoms with van der Waals surface area (Å²) >= 11 is 6.29. The standard InChI is InChI=1S/C21H16ClNO5/c1-12-19(21(25)26-2)14(9-13-7-8-17-18(10-13)28-11-27-17)20(24)23(12)16-6-4-3-5-15(16)22/h3-10H,11H2,1-2H3. The number of para-hydroxylation sites is 1. The molecule has 2 aromatic carbocycles. The molecule has 2 aromatic rings. The lowest BCUT2D eigenvalue weighted by molar-refractivity contribution is -0.136. The monoisotopic (exact) mass is 397 g/mol. The summed E-state index contributed by atoms with van der Waals surface area (Å²) in [4.78, 5) is 27.1. The Morgan fingerprint density at radius 2 is 1.93 bits per heavy atom. The van der Waals surface area contributed by atoms with Crippen LogP contribution in [-0.2, 0) is 14.3 Å². The lowest BCUT2D eigenvalue weighted by Gasteiger charge is -2.19. The number of benzene rings is 2. The van der Waals surface area contributed by atoms with Crippen LogP contribution in [0.4, 0.5) is 5.69 Å². The second kappa shape index (κ2) is 7.05. The summed E-state index contributed by atoms with van der Waals surface area (Å²) in [6.07, 6.45) is 1.64. The maximum Gasteiger partial charge on any atom is 0.340 e. The topological polar surface area (TPSA) is 65.1 Å². The molecule has 0 saturated carbocycles. The van der Waals surface area contributed by atoms with Crippen molar-refractivity contribution in [2.75, 3.05) is 18.8 Å². The van der Waals surface area contributed by atoms with Gasteiger partial charge in [0.25, 0.3) is 5.91 Å². The second-order valence-corrected chi connectivity index (χ2v) is 6.62. The van der Waals surface area contributed by atoms with Gasteiger partial charge in [0, 0.05) is 5.70 Å². The van der Waals surface area contributed by atoms with Gasteiger partial charge in [0.1, 0.15) is 0 Å². The van der Waals surface area contributed by atoms with Crippen LogP contribution < -0.4 is 14.4 Å². The molecule has 2 aliphatic rings. The highest BCUT2D eigenvalue weighted by atomic mass is 35.5. The molecular formula is C21H16ClNO5. The molecule has 2 aliphatic heterocycles. The highest BCUT2D eigenvalue weighted by molar-refractivity contribution is 6.35. The van der Waals surface area contributed by atoms with Crippen molar-refractivity contribution in [1.82, 2.24) is 0 Å². The number of fused-ring (bicyclic) bond motifs is 1. The average molecular weight is 398 g/mol. The number of carbonyl (C=O) groups excluding carboxylic acids is 2. The van der Waals surface area contributed by atoms with Crippen molar-refractivity contribution in [1.29, 1.82) is 0 Å². The highest BCUT2D eigenvalue weighted by Crippen LogP contribution is 2.39. The van der Waals surface area contributed by atoms with Crippen LogP contribution in [0.2, 0.25) is 5.02 Å². The molecule has 6 nitrogen and oxygen atoms in total.